The SMILES string of the molecule is c1coc(-c2nc(Cn3ccnc3C3CCOC3)no2)c1. The van der Waals surface area contributed by atoms with E-state index in [-0.39, 0.29) is 0 Å². The number of ether oxygens (including phenoxy) is 1. The molecule has 0 N–H and O–H groups in total. The summed E-state index contributed by atoms with van der Waals surface area (Å²) in [6, 6.07) is 3.57. The van der Waals surface area contributed by atoms with Crippen molar-refractivity contribution in [2.45, 2.75) is 18.9 Å². The van der Waals surface area contributed by atoms with Crippen molar-refractivity contribution in [3.8, 4) is 11.7 Å². The normalized spacial score (nSPS) is 18.4. The Morgan fingerprint density at radius 2 is 2.38 bits per heavy atom. The molecule has 0 saturated carbocycles. The first kappa shape index (κ1) is 12.3. The molecule has 1 aliphatic heterocycles. The molecule has 0 radical (unpaired) electrons. The summed E-state index contributed by atoms with van der Waals surface area (Å²) in [4.78, 5) is 8.77. The molecule has 0 bridgehead atoms. The summed E-state index contributed by atoms with van der Waals surface area (Å²) in [6.07, 6.45) is 6.30. The Kier molecular flexibility index (Phi) is 3.04. The second-order valence-corrected chi connectivity index (χ2v) is 4.97. The molecule has 7 nitrogen and oxygen atoms in total. The Morgan fingerprint density at radius 1 is 1.38 bits per heavy atom. The van der Waals surface area contributed by atoms with Crippen molar-refractivity contribution in [1.29, 1.82) is 0 Å². The highest BCUT2D eigenvalue weighted by Crippen LogP contribution is 2.24. The van der Waals surface area contributed by atoms with Crippen molar-refractivity contribution in [2.75, 3.05) is 13.2 Å². The summed E-state index contributed by atoms with van der Waals surface area (Å²) in [6.45, 7) is 2.04. The molecular weight excluding hydrogens is 272 g/mol. The lowest BCUT2D eigenvalue weighted by Gasteiger charge is -2.09. The minimum atomic E-state index is 0.344. The monoisotopic (exact) mass is 286 g/mol. The number of hydrogen-bond acceptors (Lipinski definition) is 6. The summed E-state index contributed by atoms with van der Waals surface area (Å²) >= 11 is 0. The highest BCUT2D eigenvalue weighted by atomic mass is 16.5. The summed E-state index contributed by atoms with van der Waals surface area (Å²) in [7, 11) is 0. The van der Waals surface area contributed by atoms with E-state index in [9.17, 15) is 0 Å². The Balaban J connectivity index is 1.55. The van der Waals surface area contributed by atoms with E-state index in [1.54, 1.807) is 24.6 Å². The van der Waals surface area contributed by atoms with Crippen LogP contribution in [0, 0.1) is 0 Å². The van der Waals surface area contributed by atoms with E-state index in [1.165, 1.54) is 0 Å². The lowest BCUT2D eigenvalue weighted by atomic mass is 10.1. The van der Waals surface area contributed by atoms with Gasteiger partial charge in [-0.3, -0.25) is 0 Å². The van der Waals surface area contributed by atoms with Gasteiger partial charge in [-0.05, 0) is 18.6 Å². The molecule has 0 amide bonds. The van der Waals surface area contributed by atoms with Gasteiger partial charge in [0, 0.05) is 24.9 Å². The molecule has 1 fully saturated rings. The topological polar surface area (TPSA) is 79.1 Å². The van der Waals surface area contributed by atoms with Gasteiger partial charge in [-0.2, -0.15) is 4.98 Å². The van der Waals surface area contributed by atoms with Crippen LogP contribution in [0.25, 0.3) is 11.7 Å². The minimum absolute atomic E-state index is 0.344. The van der Waals surface area contributed by atoms with Gasteiger partial charge in [-0.15, -0.1) is 0 Å². The van der Waals surface area contributed by atoms with Crippen LogP contribution in [0.4, 0.5) is 0 Å². The van der Waals surface area contributed by atoms with Crippen LogP contribution < -0.4 is 0 Å². The van der Waals surface area contributed by atoms with Crippen molar-refractivity contribution >= 4 is 0 Å². The molecule has 4 heterocycles. The van der Waals surface area contributed by atoms with E-state index in [1.807, 2.05) is 10.8 Å². The summed E-state index contributed by atoms with van der Waals surface area (Å²) in [5.41, 5.74) is 0. The molecule has 0 aliphatic carbocycles. The van der Waals surface area contributed by atoms with Gasteiger partial charge in [0.05, 0.1) is 19.4 Å². The maximum absolute atomic E-state index is 5.42. The quantitative estimate of drug-likeness (QED) is 0.730. The predicted octanol–water partition coefficient (Wildman–Crippen LogP) is 2.08. The molecule has 4 rings (SSSR count). The number of hydrogen-bond donors (Lipinski definition) is 0. The van der Waals surface area contributed by atoms with E-state index < -0.39 is 0 Å². The number of nitrogens with zero attached hydrogens (tertiary/aromatic N) is 4. The Hall–Kier alpha value is -2.41. The number of furan rings is 1. The molecule has 0 spiro atoms. The molecule has 21 heavy (non-hydrogen) atoms. The highest BCUT2D eigenvalue weighted by Gasteiger charge is 2.23. The third-order valence-electron chi connectivity index (χ3n) is 3.55. The molecule has 1 unspecified atom stereocenters. The third kappa shape index (κ3) is 2.36. The van der Waals surface area contributed by atoms with Gasteiger partial charge in [-0.1, -0.05) is 5.16 Å². The van der Waals surface area contributed by atoms with Crippen LogP contribution in [0.3, 0.4) is 0 Å². The Morgan fingerprint density at radius 3 is 3.19 bits per heavy atom. The van der Waals surface area contributed by atoms with Crippen molar-refractivity contribution in [3.05, 3.63) is 42.4 Å². The van der Waals surface area contributed by atoms with E-state index in [2.05, 4.69) is 15.1 Å². The molecular formula is C14H14N4O3. The number of rotatable bonds is 4. The maximum atomic E-state index is 5.42. The molecule has 1 atom stereocenters. The van der Waals surface area contributed by atoms with Gasteiger partial charge in [0.15, 0.2) is 11.6 Å². The van der Waals surface area contributed by atoms with Crippen LogP contribution >= 0.6 is 0 Å². The minimum Gasteiger partial charge on any atom is -0.459 e. The van der Waals surface area contributed by atoms with Crippen LogP contribution in [-0.2, 0) is 11.3 Å². The zero-order valence-corrected chi connectivity index (χ0v) is 11.3. The van der Waals surface area contributed by atoms with Crippen molar-refractivity contribution in [3.63, 3.8) is 0 Å². The van der Waals surface area contributed by atoms with Crippen LogP contribution in [0.1, 0.15) is 24.0 Å². The fourth-order valence-electron chi connectivity index (χ4n) is 2.52. The maximum Gasteiger partial charge on any atom is 0.293 e. The Bertz CT molecular complexity index is 710. The van der Waals surface area contributed by atoms with Crippen molar-refractivity contribution < 1.29 is 13.7 Å². The second kappa shape index (κ2) is 5.17. The second-order valence-electron chi connectivity index (χ2n) is 4.97. The molecule has 3 aromatic rings. The summed E-state index contributed by atoms with van der Waals surface area (Å²) in [5.74, 6) is 2.91. The van der Waals surface area contributed by atoms with Crippen LogP contribution in [0.2, 0.25) is 0 Å². The molecule has 108 valence electrons. The summed E-state index contributed by atoms with van der Waals surface area (Å²) in [5, 5.41) is 3.99. The van der Waals surface area contributed by atoms with E-state index in [0.29, 0.717) is 29.9 Å². The highest BCUT2D eigenvalue weighted by molar-refractivity contribution is 5.42. The van der Waals surface area contributed by atoms with Crippen LogP contribution in [0.15, 0.2) is 39.7 Å². The fraction of sp³-hybridized carbons (Fsp3) is 0.357. The van der Waals surface area contributed by atoms with Gasteiger partial charge in [0.2, 0.25) is 0 Å². The average Bonchev–Trinajstić information content (AvgIpc) is 3.28. The van der Waals surface area contributed by atoms with E-state index in [0.717, 1.165) is 25.5 Å². The van der Waals surface area contributed by atoms with Gasteiger partial charge < -0.3 is 18.2 Å². The smallest absolute Gasteiger partial charge is 0.293 e. The number of imidazole rings is 1. The molecule has 7 heteroatoms. The molecule has 1 saturated heterocycles. The molecule has 0 aromatic carbocycles. The zero-order valence-electron chi connectivity index (χ0n) is 11.3. The average molecular weight is 286 g/mol. The first-order chi connectivity index (χ1) is 10.4. The van der Waals surface area contributed by atoms with Crippen LogP contribution in [0.5, 0.6) is 0 Å². The van der Waals surface area contributed by atoms with Crippen LogP contribution in [-0.4, -0.2) is 32.9 Å². The lowest BCUT2D eigenvalue weighted by Crippen LogP contribution is -2.10. The van der Waals surface area contributed by atoms with E-state index >= 15 is 0 Å². The van der Waals surface area contributed by atoms with Gasteiger partial charge >= 0.3 is 0 Å². The molecule has 3 aromatic heterocycles. The zero-order chi connectivity index (χ0) is 14.1. The van der Waals surface area contributed by atoms with Gasteiger partial charge in [0.1, 0.15) is 5.82 Å². The third-order valence-corrected chi connectivity index (χ3v) is 3.55. The largest absolute Gasteiger partial charge is 0.459 e. The van der Waals surface area contributed by atoms with Crippen molar-refractivity contribution in [2.24, 2.45) is 0 Å². The Labute approximate surface area is 120 Å². The first-order valence-electron chi connectivity index (χ1n) is 6.85. The first-order valence-corrected chi connectivity index (χ1v) is 6.85. The number of aromatic nitrogens is 4. The molecule has 1 aliphatic rings. The van der Waals surface area contributed by atoms with Gasteiger partial charge in [-0.25, -0.2) is 4.98 Å². The predicted molar refractivity (Wildman–Crippen MR) is 71.5 cm³/mol. The van der Waals surface area contributed by atoms with Crippen molar-refractivity contribution in [1.82, 2.24) is 19.7 Å². The summed E-state index contributed by atoms with van der Waals surface area (Å²) < 4.78 is 17.9. The fourth-order valence-corrected chi connectivity index (χ4v) is 2.52. The lowest BCUT2D eigenvalue weighted by molar-refractivity contribution is 0.192. The van der Waals surface area contributed by atoms with Gasteiger partial charge in [0.25, 0.3) is 5.89 Å². The van der Waals surface area contributed by atoms with E-state index in [4.69, 9.17) is 13.7 Å². The standard InChI is InChI=1S/C14H14N4O3/c1-2-11(20-6-1)14-16-12(17-21-14)8-18-5-4-15-13(18)10-3-7-19-9-10/h1-2,4-6,10H,3,7-9H2.